The number of aliphatic hydroxyl groups is 1. The quantitative estimate of drug-likeness (QED) is 0.879. The molecule has 1 N–H and O–H groups in total. The van der Waals surface area contributed by atoms with Crippen LogP contribution in [0.5, 0.6) is 0 Å². The maximum absolute atomic E-state index is 12.3. The van der Waals surface area contributed by atoms with Gasteiger partial charge < -0.3 is 5.11 Å². The van der Waals surface area contributed by atoms with Crippen LogP contribution < -0.4 is 0 Å². The van der Waals surface area contributed by atoms with Crippen LogP contribution in [0.3, 0.4) is 0 Å². The third kappa shape index (κ3) is 3.57. The van der Waals surface area contributed by atoms with E-state index in [2.05, 4.69) is 0 Å². The van der Waals surface area contributed by atoms with Crippen LogP contribution >= 0.6 is 11.6 Å². The van der Waals surface area contributed by atoms with Gasteiger partial charge in [0.15, 0.2) is 11.6 Å². The van der Waals surface area contributed by atoms with E-state index >= 15 is 0 Å². The fraction of sp³-hybridized carbons (Fsp3) is 0.176. The molecule has 0 atom stereocenters. The first kappa shape index (κ1) is 15.4. The van der Waals surface area contributed by atoms with Crippen LogP contribution in [0.25, 0.3) is 0 Å². The Morgan fingerprint density at radius 3 is 1.67 bits per heavy atom. The molecule has 21 heavy (non-hydrogen) atoms. The molecule has 108 valence electrons. The second-order valence-corrected chi connectivity index (χ2v) is 5.74. The van der Waals surface area contributed by atoms with Gasteiger partial charge in [-0.25, -0.2) is 0 Å². The van der Waals surface area contributed by atoms with Crippen molar-refractivity contribution in [2.24, 2.45) is 0 Å². The highest BCUT2D eigenvalue weighted by molar-refractivity contribution is 6.30. The van der Waals surface area contributed by atoms with E-state index in [1.54, 1.807) is 48.5 Å². The van der Waals surface area contributed by atoms with Crippen LogP contribution in [-0.4, -0.2) is 22.3 Å². The van der Waals surface area contributed by atoms with E-state index in [1.165, 1.54) is 13.8 Å². The predicted molar refractivity (Wildman–Crippen MR) is 82.0 cm³/mol. The first-order chi connectivity index (χ1) is 9.79. The van der Waals surface area contributed by atoms with Gasteiger partial charge in [0.2, 0.25) is 0 Å². The van der Waals surface area contributed by atoms with Crippen molar-refractivity contribution in [2.75, 3.05) is 0 Å². The summed E-state index contributed by atoms with van der Waals surface area (Å²) in [6, 6.07) is 12.9. The summed E-state index contributed by atoms with van der Waals surface area (Å²) < 4.78 is 0. The minimum atomic E-state index is -1.43. The number of carbonyl (C=O) groups is 2. The molecule has 0 aliphatic carbocycles. The molecule has 0 aliphatic rings. The number of ketones is 2. The number of hydrogen-bond acceptors (Lipinski definition) is 3. The zero-order valence-corrected chi connectivity index (χ0v) is 12.5. The first-order valence-electron chi connectivity index (χ1n) is 6.46. The van der Waals surface area contributed by atoms with E-state index in [-0.39, 0.29) is 11.6 Å². The minimum absolute atomic E-state index is 0.145. The Hall–Kier alpha value is -1.97. The lowest BCUT2D eigenvalue weighted by Crippen LogP contribution is -2.31. The Labute approximate surface area is 128 Å². The summed E-state index contributed by atoms with van der Waals surface area (Å²) in [5.74, 6) is -0.526. The molecule has 2 aromatic rings. The topological polar surface area (TPSA) is 54.4 Å². The van der Waals surface area contributed by atoms with E-state index < -0.39 is 5.60 Å². The van der Waals surface area contributed by atoms with Crippen molar-refractivity contribution in [3.05, 3.63) is 70.2 Å². The van der Waals surface area contributed by atoms with Gasteiger partial charge in [-0.05, 0) is 38.1 Å². The first-order valence-corrected chi connectivity index (χ1v) is 6.84. The maximum Gasteiger partial charge on any atom is 0.193 e. The standard InChI is InChI=1S/C17H15ClO3/c1-17(2,21)16(20)13-5-3-11(4-6-13)15(19)12-7-9-14(18)10-8-12/h3-10,21H,1-2H3. The van der Waals surface area contributed by atoms with E-state index in [4.69, 9.17) is 11.6 Å². The van der Waals surface area contributed by atoms with E-state index in [1.807, 2.05) is 0 Å². The molecule has 0 fully saturated rings. The van der Waals surface area contributed by atoms with Crippen LogP contribution in [0, 0.1) is 0 Å². The molecule has 0 aromatic heterocycles. The maximum atomic E-state index is 12.3. The second-order valence-electron chi connectivity index (χ2n) is 5.30. The average Bonchev–Trinajstić information content (AvgIpc) is 2.46. The fourth-order valence-electron chi connectivity index (χ4n) is 1.89. The monoisotopic (exact) mass is 302 g/mol. The van der Waals surface area contributed by atoms with Gasteiger partial charge in [0, 0.05) is 21.7 Å². The zero-order chi connectivity index (χ0) is 15.6. The lowest BCUT2D eigenvalue weighted by Gasteiger charge is -2.15. The lowest BCUT2D eigenvalue weighted by atomic mass is 9.95. The number of carbonyl (C=O) groups excluding carboxylic acids is 2. The molecule has 3 nitrogen and oxygen atoms in total. The molecule has 0 spiro atoms. The SMILES string of the molecule is CC(C)(O)C(=O)c1ccc(C(=O)c2ccc(Cl)cc2)cc1. The molecule has 2 rings (SSSR count). The highest BCUT2D eigenvalue weighted by Crippen LogP contribution is 2.17. The van der Waals surface area contributed by atoms with Crippen LogP contribution in [0.4, 0.5) is 0 Å². The van der Waals surface area contributed by atoms with Gasteiger partial charge in [-0.2, -0.15) is 0 Å². The Bertz CT molecular complexity index is 665. The third-order valence-electron chi connectivity index (χ3n) is 3.07. The van der Waals surface area contributed by atoms with Crippen LogP contribution in [0.15, 0.2) is 48.5 Å². The zero-order valence-electron chi connectivity index (χ0n) is 11.8. The molecule has 0 unspecified atom stereocenters. The summed E-state index contributed by atoms with van der Waals surface area (Å²) in [5.41, 5.74) is -0.0532. The number of benzene rings is 2. The summed E-state index contributed by atoms with van der Waals surface area (Å²) in [5, 5.41) is 10.3. The normalized spacial score (nSPS) is 11.2. The lowest BCUT2D eigenvalue weighted by molar-refractivity contribution is 0.0488. The average molecular weight is 303 g/mol. The number of Topliss-reactive ketones (excluding diaryl/α,β-unsaturated/α-hetero) is 1. The fourth-order valence-corrected chi connectivity index (χ4v) is 2.02. The van der Waals surface area contributed by atoms with Gasteiger partial charge in [0.1, 0.15) is 5.60 Å². The van der Waals surface area contributed by atoms with E-state index in [9.17, 15) is 14.7 Å². The van der Waals surface area contributed by atoms with Gasteiger partial charge in [-0.3, -0.25) is 9.59 Å². The molecule has 2 aromatic carbocycles. The highest BCUT2D eigenvalue weighted by Gasteiger charge is 2.25. The van der Waals surface area contributed by atoms with Crippen molar-refractivity contribution in [1.29, 1.82) is 0 Å². The van der Waals surface area contributed by atoms with Crippen molar-refractivity contribution in [3.8, 4) is 0 Å². The molecule has 0 bridgehead atoms. The Balaban J connectivity index is 2.25. The van der Waals surface area contributed by atoms with Gasteiger partial charge in [-0.15, -0.1) is 0 Å². The van der Waals surface area contributed by atoms with Crippen molar-refractivity contribution in [2.45, 2.75) is 19.4 Å². The predicted octanol–water partition coefficient (Wildman–Crippen LogP) is 3.52. The Kier molecular flexibility index (Phi) is 4.26. The molecule has 0 radical (unpaired) electrons. The molecule has 0 saturated heterocycles. The van der Waals surface area contributed by atoms with Crippen LogP contribution in [-0.2, 0) is 0 Å². The van der Waals surface area contributed by atoms with Gasteiger partial charge in [0.25, 0.3) is 0 Å². The molecule has 0 amide bonds. The van der Waals surface area contributed by atoms with E-state index in [0.29, 0.717) is 21.7 Å². The highest BCUT2D eigenvalue weighted by atomic mass is 35.5. The molecule has 0 heterocycles. The summed E-state index contributed by atoms with van der Waals surface area (Å²) in [6.45, 7) is 2.87. The molecular weight excluding hydrogens is 288 g/mol. The molecular formula is C17H15ClO3. The van der Waals surface area contributed by atoms with Gasteiger partial charge in [0.05, 0.1) is 0 Å². The Morgan fingerprint density at radius 2 is 1.24 bits per heavy atom. The van der Waals surface area contributed by atoms with Crippen LogP contribution in [0.2, 0.25) is 5.02 Å². The molecule has 4 heteroatoms. The Morgan fingerprint density at radius 1 is 0.857 bits per heavy atom. The van der Waals surface area contributed by atoms with Crippen molar-refractivity contribution in [3.63, 3.8) is 0 Å². The van der Waals surface area contributed by atoms with Crippen molar-refractivity contribution < 1.29 is 14.7 Å². The summed E-state index contributed by atoms with van der Waals surface area (Å²) in [7, 11) is 0. The molecule has 0 aliphatic heterocycles. The number of hydrogen-bond donors (Lipinski definition) is 1. The minimum Gasteiger partial charge on any atom is -0.382 e. The van der Waals surface area contributed by atoms with Crippen molar-refractivity contribution in [1.82, 2.24) is 0 Å². The second kappa shape index (κ2) is 5.80. The number of rotatable bonds is 4. The molecule has 0 saturated carbocycles. The smallest absolute Gasteiger partial charge is 0.193 e. The van der Waals surface area contributed by atoms with E-state index in [0.717, 1.165) is 0 Å². The summed E-state index contributed by atoms with van der Waals surface area (Å²) >= 11 is 5.79. The summed E-state index contributed by atoms with van der Waals surface area (Å²) in [4.78, 5) is 24.2. The largest absolute Gasteiger partial charge is 0.382 e. The number of halogens is 1. The van der Waals surface area contributed by atoms with Gasteiger partial charge >= 0.3 is 0 Å². The van der Waals surface area contributed by atoms with Gasteiger partial charge in [-0.1, -0.05) is 35.9 Å². The van der Waals surface area contributed by atoms with Crippen molar-refractivity contribution >= 4 is 23.2 Å². The third-order valence-corrected chi connectivity index (χ3v) is 3.32. The summed E-state index contributed by atoms with van der Waals surface area (Å²) in [6.07, 6.45) is 0. The van der Waals surface area contributed by atoms with Crippen LogP contribution in [0.1, 0.15) is 40.1 Å².